The summed E-state index contributed by atoms with van der Waals surface area (Å²) < 4.78 is 1.55. The van der Waals surface area contributed by atoms with Crippen LogP contribution in [0.5, 0.6) is 0 Å². The summed E-state index contributed by atoms with van der Waals surface area (Å²) in [6.45, 7) is 3.31. The number of rotatable bonds is 2. The topological polar surface area (TPSA) is 59.3 Å². The molecule has 0 spiro atoms. The molecule has 0 bridgehead atoms. The van der Waals surface area contributed by atoms with Crippen molar-refractivity contribution in [1.82, 2.24) is 4.57 Å². The van der Waals surface area contributed by atoms with E-state index >= 15 is 0 Å². The molecule has 0 fully saturated rings. The van der Waals surface area contributed by atoms with Crippen LogP contribution in [0.4, 0.5) is 0 Å². The lowest BCUT2D eigenvalue weighted by Crippen LogP contribution is -2.09. The average Bonchev–Trinajstić information content (AvgIpc) is 2.51. The first-order chi connectivity index (χ1) is 7.93. The maximum atomic E-state index is 11.6. The Morgan fingerprint density at radius 2 is 1.94 bits per heavy atom. The Hall–Kier alpha value is -2.10. The maximum Gasteiger partial charge on any atom is 0.353 e. The van der Waals surface area contributed by atoms with Crippen LogP contribution < -0.4 is 0 Å². The van der Waals surface area contributed by atoms with E-state index in [1.165, 1.54) is 6.92 Å². The van der Waals surface area contributed by atoms with Crippen LogP contribution in [0.1, 0.15) is 33.3 Å². The molecule has 0 saturated heterocycles. The van der Waals surface area contributed by atoms with E-state index in [4.69, 9.17) is 0 Å². The summed E-state index contributed by atoms with van der Waals surface area (Å²) in [5.74, 6) is -1.30. The monoisotopic (exact) mass is 231 g/mol. The van der Waals surface area contributed by atoms with E-state index in [0.717, 1.165) is 11.1 Å². The molecule has 2 aromatic rings. The zero-order valence-corrected chi connectivity index (χ0v) is 9.94. The molecule has 0 aliphatic rings. The molecule has 88 valence electrons. The number of fused-ring (bicyclic) bond motifs is 1. The van der Waals surface area contributed by atoms with Gasteiger partial charge in [-0.3, -0.25) is 4.79 Å². The maximum absolute atomic E-state index is 11.6. The number of carbonyl (C=O) groups excluding carboxylic acids is 1. The Bertz CT molecular complexity index is 638. The standard InChI is InChI=1S/C13H13NO3/c1-7-4-5-10-9(6-7)11(8(2)15)12(13(16)17)14(10)3/h4-6H,1-3H3,(H,16,17). The zero-order chi connectivity index (χ0) is 12.7. The third-order valence-corrected chi connectivity index (χ3v) is 2.91. The molecule has 0 atom stereocenters. The van der Waals surface area contributed by atoms with Gasteiger partial charge in [0.1, 0.15) is 5.69 Å². The molecule has 0 amide bonds. The molecular formula is C13H13NO3. The predicted octanol–water partition coefficient (Wildman–Crippen LogP) is 2.39. The fraction of sp³-hybridized carbons (Fsp3) is 0.231. The summed E-state index contributed by atoms with van der Waals surface area (Å²) in [7, 11) is 1.66. The number of hydrogen-bond acceptors (Lipinski definition) is 2. The molecule has 1 aromatic heterocycles. The fourth-order valence-electron chi connectivity index (χ4n) is 2.17. The molecular weight excluding hydrogens is 218 g/mol. The molecule has 1 aromatic carbocycles. The molecule has 1 heterocycles. The number of Topliss-reactive ketones (excluding diaryl/α,β-unsaturated/α-hetero) is 1. The van der Waals surface area contributed by atoms with Crippen molar-refractivity contribution in [1.29, 1.82) is 0 Å². The van der Waals surface area contributed by atoms with Crippen molar-refractivity contribution in [2.45, 2.75) is 13.8 Å². The Morgan fingerprint density at radius 3 is 2.47 bits per heavy atom. The van der Waals surface area contributed by atoms with Crippen LogP contribution in [0.15, 0.2) is 18.2 Å². The van der Waals surface area contributed by atoms with Gasteiger partial charge in [0.05, 0.1) is 5.56 Å². The molecule has 0 radical (unpaired) electrons. The summed E-state index contributed by atoms with van der Waals surface area (Å²) in [5, 5.41) is 9.90. The van der Waals surface area contributed by atoms with Crippen molar-refractivity contribution in [2.24, 2.45) is 7.05 Å². The van der Waals surface area contributed by atoms with Crippen LogP contribution in [0.2, 0.25) is 0 Å². The van der Waals surface area contributed by atoms with Gasteiger partial charge >= 0.3 is 5.97 Å². The molecule has 2 rings (SSSR count). The summed E-state index contributed by atoms with van der Waals surface area (Å²) in [4.78, 5) is 22.9. The predicted molar refractivity (Wildman–Crippen MR) is 64.6 cm³/mol. The number of aromatic carboxylic acids is 1. The van der Waals surface area contributed by atoms with Gasteiger partial charge in [-0.05, 0) is 26.0 Å². The molecule has 4 nitrogen and oxygen atoms in total. The minimum absolute atomic E-state index is 0.0538. The van der Waals surface area contributed by atoms with Gasteiger partial charge in [-0.1, -0.05) is 11.6 Å². The number of ketones is 1. The zero-order valence-electron chi connectivity index (χ0n) is 9.94. The number of carboxylic acids is 1. The SMILES string of the molecule is CC(=O)c1c(C(=O)O)n(C)c2ccc(C)cc12. The van der Waals surface area contributed by atoms with Gasteiger partial charge in [0.15, 0.2) is 5.78 Å². The molecule has 0 aliphatic heterocycles. The van der Waals surface area contributed by atoms with Gasteiger partial charge in [0.25, 0.3) is 0 Å². The van der Waals surface area contributed by atoms with Crippen molar-refractivity contribution in [3.8, 4) is 0 Å². The van der Waals surface area contributed by atoms with Crippen molar-refractivity contribution in [3.63, 3.8) is 0 Å². The number of hydrogen-bond donors (Lipinski definition) is 1. The fourth-order valence-corrected chi connectivity index (χ4v) is 2.17. The second-order valence-corrected chi connectivity index (χ2v) is 4.16. The second kappa shape index (κ2) is 3.73. The van der Waals surface area contributed by atoms with Crippen LogP contribution in [0.3, 0.4) is 0 Å². The highest BCUT2D eigenvalue weighted by Gasteiger charge is 2.23. The molecule has 17 heavy (non-hydrogen) atoms. The second-order valence-electron chi connectivity index (χ2n) is 4.16. The number of aromatic nitrogens is 1. The van der Waals surface area contributed by atoms with Crippen molar-refractivity contribution < 1.29 is 14.7 Å². The normalized spacial score (nSPS) is 10.8. The summed E-state index contributed by atoms with van der Waals surface area (Å²) in [5.41, 5.74) is 2.11. The molecule has 0 saturated carbocycles. The molecule has 1 N–H and O–H groups in total. The number of nitrogens with zero attached hydrogens (tertiary/aromatic N) is 1. The first-order valence-electron chi connectivity index (χ1n) is 5.26. The van der Waals surface area contributed by atoms with Gasteiger partial charge < -0.3 is 9.67 Å². The van der Waals surface area contributed by atoms with E-state index in [1.54, 1.807) is 11.6 Å². The van der Waals surface area contributed by atoms with Gasteiger partial charge in [0.2, 0.25) is 0 Å². The summed E-state index contributed by atoms with van der Waals surface area (Å²) >= 11 is 0. The van der Waals surface area contributed by atoms with E-state index in [1.807, 2.05) is 25.1 Å². The first kappa shape index (κ1) is 11.4. The Labute approximate surface area is 98.5 Å². The molecule has 0 unspecified atom stereocenters. The summed E-state index contributed by atoms with van der Waals surface area (Å²) in [6, 6.07) is 5.58. The van der Waals surface area contributed by atoms with Crippen molar-refractivity contribution in [2.75, 3.05) is 0 Å². The number of benzene rings is 1. The lowest BCUT2D eigenvalue weighted by Gasteiger charge is -1.99. The number of carboxylic acid groups (broad SMARTS) is 1. The van der Waals surface area contributed by atoms with Crippen LogP contribution in [0.25, 0.3) is 10.9 Å². The van der Waals surface area contributed by atoms with E-state index < -0.39 is 5.97 Å². The van der Waals surface area contributed by atoms with Crippen LogP contribution in [0, 0.1) is 6.92 Å². The van der Waals surface area contributed by atoms with E-state index in [9.17, 15) is 14.7 Å². The van der Waals surface area contributed by atoms with Gasteiger partial charge in [0, 0.05) is 18.0 Å². The average molecular weight is 231 g/mol. The largest absolute Gasteiger partial charge is 0.477 e. The smallest absolute Gasteiger partial charge is 0.353 e. The lowest BCUT2D eigenvalue weighted by molar-refractivity contribution is 0.0682. The van der Waals surface area contributed by atoms with Crippen molar-refractivity contribution >= 4 is 22.7 Å². The van der Waals surface area contributed by atoms with Crippen LogP contribution >= 0.6 is 0 Å². The van der Waals surface area contributed by atoms with Gasteiger partial charge in [-0.15, -0.1) is 0 Å². The third-order valence-electron chi connectivity index (χ3n) is 2.91. The van der Waals surface area contributed by atoms with Crippen LogP contribution in [-0.4, -0.2) is 21.4 Å². The Kier molecular flexibility index (Phi) is 2.50. The highest BCUT2D eigenvalue weighted by atomic mass is 16.4. The van der Waals surface area contributed by atoms with E-state index in [0.29, 0.717) is 10.9 Å². The molecule has 0 aliphatic carbocycles. The highest BCUT2D eigenvalue weighted by Crippen LogP contribution is 2.26. The van der Waals surface area contributed by atoms with Gasteiger partial charge in [-0.25, -0.2) is 4.79 Å². The molecule has 4 heteroatoms. The quantitative estimate of drug-likeness (QED) is 0.807. The number of aryl methyl sites for hydroxylation is 2. The third kappa shape index (κ3) is 1.62. The van der Waals surface area contributed by atoms with Crippen molar-refractivity contribution in [3.05, 3.63) is 35.0 Å². The van der Waals surface area contributed by atoms with E-state index in [2.05, 4.69) is 0 Å². The minimum Gasteiger partial charge on any atom is -0.477 e. The number of carbonyl (C=O) groups is 2. The van der Waals surface area contributed by atoms with Gasteiger partial charge in [-0.2, -0.15) is 0 Å². The highest BCUT2D eigenvalue weighted by molar-refractivity contribution is 6.14. The summed E-state index contributed by atoms with van der Waals surface area (Å²) in [6.07, 6.45) is 0. The first-order valence-corrected chi connectivity index (χ1v) is 5.26. The van der Waals surface area contributed by atoms with Crippen LogP contribution in [-0.2, 0) is 7.05 Å². The Balaban J connectivity index is 2.99. The Morgan fingerprint density at radius 1 is 1.29 bits per heavy atom. The van der Waals surface area contributed by atoms with E-state index in [-0.39, 0.29) is 11.5 Å². The lowest BCUT2D eigenvalue weighted by atomic mass is 10.1. The minimum atomic E-state index is -1.08.